The van der Waals surface area contributed by atoms with Crippen LogP contribution in [0, 0.1) is 0 Å². The number of unbranched alkanes of at least 4 members (excludes halogenated alkanes) is 3. The number of hydrogen-bond donors (Lipinski definition) is 2. The lowest BCUT2D eigenvalue weighted by molar-refractivity contribution is -0.117. The van der Waals surface area contributed by atoms with Crippen molar-refractivity contribution in [2.24, 2.45) is 11.5 Å². The third-order valence-electron chi connectivity index (χ3n) is 2.82. The average molecular weight is 234 g/mol. The highest BCUT2D eigenvalue weighted by molar-refractivity contribution is 5.76. The maximum absolute atomic E-state index is 10.7. The molecule has 0 aliphatic heterocycles. The molecule has 4 N–H and O–H groups in total. The van der Waals surface area contributed by atoms with E-state index in [1.54, 1.807) is 0 Å². The van der Waals surface area contributed by atoms with E-state index < -0.39 is 0 Å². The molecule has 1 aromatic rings. The van der Waals surface area contributed by atoms with E-state index in [-0.39, 0.29) is 5.91 Å². The molecule has 0 atom stereocenters. The van der Waals surface area contributed by atoms with E-state index in [9.17, 15) is 4.79 Å². The van der Waals surface area contributed by atoms with Crippen molar-refractivity contribution < 1.29 is 4.79 Å². The number of carbonyl (C=O) groups is 1. The van der Waals surface area contributed by atoms with Crippen molar-refractivity contribution in [3.8, 4) is 0 Å². The molecule has 0 saturated carbocycles. The van der Waals surface area contributed by atoms with Crippen LogP contribution in [-0.4, -0.2) is 12.5 Å². The number of rotatable bonds is 8. The summed E-state index contributed by atoms with van der Waals surface area (Å²) in [6, 6.07) is 8.14. The fourth-order valence-electron chi connectivity index (χ4n) is 1.85. The van der Waals surface area contributed by atoms with Crippen LogP contribution in [0.2, 0.25) is 0 Å². The Kier molecular flexibility index (Phi) is 6.33. The molecular formula is C14H22N2O. The number of nitrogens with two attached hydrogens (primary N) is 2. The van der Waals surface area contributed by atoms with E-state index in [1.807, 2.05) is 12.1 Å². The Balaban J connectivity index is 2.28. The Labute approximate surface area is 103 Å². The molecule has 1 rings (SSSR count). The summed E-state index contributed by atoms with van der Waals surface area (Å²) in [6.07, 6.45) is 6.21. The van der Waals surface area contributed by atoms with Gasteiger partial charge in [-0.2, -0.15) is 0 Å². The second-order valence-electron chi connectivity index (χ2n) is 4.41. The molecule has 0 heterocycles. The van der Waals surface area contributed by atoms with Gasteiger partial charge in [-0.25, -0.2) is 0 Å². The third kappa shape index (κ3) is 6.07. The predicted octanol–water partition coefficient (Wildman–Crippen LogP) is 1.78. The quantitative estimate of drug-likeness (QED) is 0.673. The number of amides is 1. The molecule has 0 unspecified atom stereocenters. The van der Waals surface area contributed by atoms with Gasteiger partial charge in [-0.1, -0.05) is 37.1 Å². The van der Waals surface area contributed by atoms with Crippen LogP contribution >= 0.6 is 0 Å². The van der Waals surface area contributed by atoms with Gasteiger partial charge >= 0.3 is 0 Å². The zero-order valence-electron chi connectivity index (χ0n) is 10.3. The fourth-order valence-corrected chi connectivity index (χ4v) is 1.85. The van der Waals surface area contributed by atoms with E-state index in [2.05, 4.69) is 12.1 Å². The van der Waals surface area contributed by atoms with Gasteiger partial charge in [0.25, 0.3) is 0 Å². The van der Waals surface area contributed by atoms with Crippen LogP contribution in [0.5, 0.6) is 0 Å². The van der Waals surface area contributed by atoms with E-state index in [0.29, 0.717) is 6.42 Å². The Hall–Kier alpha value is -1.35. The molecule has 0 fully saturated rings. The fraction of sp³-hybridized carbons (Fsp3) is 0.500. The summed E-state index contributed by atoms with van der Waals surface area (Å²) in [5.74, 6) is -0.278. The maximum atomic E-state index is 10.7. The lowest BCUT2D eigenvalue weighted by Crippen LogP contribution is -2.13. The molecule has 94 valence electrons. The topological polar surface area (TPSA) is 69.1 Å². The van der Waals surface area contributed by atoms with Crippen LogP contribution in [0.15, 0.2) is 24.3 Å². The lowest BCUT2D eigenvalue weighted by Gasteiger charge is -2.03. The summed E-state index contributed by atoms with van der Waals surface area (Å²) in [6.45, 7) is 0.793. The number of hydrogen-bond acceptors (Lipinski definition) is 2. The highest BCUT2D eigenvalue weighted by atomic mass is 16.1. The molecule has 0 aliphatic rings. The monoisotopic (exact) mass is 234 g/mol. The first-order valence-electron chi connectivity index (χ1n) is 6.28. The summed E-state index contributed by atoms with van der Waals surface area (Å²) in [4.78, 5) is 10.7. The van der Waals surface area contributed by atoms with E-state index >= 15 is 0 Å². The molecule has 0 saturated heterocycles. The van der Waals surface area contributed by atoms with Crippen molar-refractivity contribution in [2.45, 2.75) is 38.5 Å². The first-order valence-corrected chi connectivity index (χ1v) is 6.28. The number of benzene rings is 1. The van der Waals surface area contributed by atoms with Gasteiger partial charge in [-0.15, -0.1) is 0 Å². The average Bonchev–Trinajstić information content (AvgIpc) is 2.30. The molecule has 0 aliphatic carbocycles. The van der Waals surface area contributed by atoms with Crippen LogP contribution in [0.4, 0.5) is 0 Å². The molecule has 1 amide bonds. The Morgan fingerprint density at radius 2 is 1.53 bits per heavy atom. The molecule has 3 heteroatoms. The van der Waals surface area contributed by atoms with Crippen molar-refractivity contribution in [2.75, 3.05) is 6.54 Å². The van der Waals surface area contributed by atoms with Gasteiger partial charge in [0, 0.05) is 0 Å². The molecular weight excluding hydrogens is 212 g/mol. The summed E-state index contributed by atoms with van der Waals surface area (Å²) in [7, 11) is 0. The Morgan fingerprint density at radius 1 is 0.941 bits per heavy atom. The van der Waals surface area contributed by atoms with Crippen LogP contribution < -0.4 is 11.5 Å². The minimum absolute atomic E-state index is 0.278. The Bertz CT molecular complexity index is 333. The van der Waals surface area contributed by atoms with E-state index in [1.165, 1.54) is 24.8 Å². The molecule has 3 nitrogen and oxygen atoms in total. The summed E-state index contributed by atoms with van der Waals surface area (Å²) in [5, 5.41) is 0. The predicted molar refractivity (Wildman–Crippen MR) is 70.6 cm³/mol. The molecule has 0 aromatic heterocycles. The second kappa shape index (κ2) is 7.85. The van der Waals surface area contributed by atoms with Gasteiger partial charge in [0.05, 0.1) is 6.42 Å². The molecule has 0 bridgehead atoms. The van der Waals surface area contributed by atoms with Crippen molar-refractivity contribution in [3.63, 3.8) is 0 Å². The van der Waals surface area contributed by atoms with Crippen LogP contribution in [0.25, 0.3) is 0 Å². The number of aryl methyl sites for hydroxylation is 1. The van der Waals surface area contributed by atoms with E-state index in [0.717, 1.165) is 24.9 Å². The van der Waals surface area contributed by atoms with Crippen molar-refractivity contribution in [1.82, 2.24) is 0 Å². The summed E-state index contributed by atoms with van der Waals surface area (Å²) in [5.41, 5.74) is 12.9. The standard InChI is InChI=1S/C14H22N2O/c15-10-4-2-1-3-5-12-6-8-13(9-7-12)11-14(16)17/h6-9H,1-5,10-11,15H2,(H2,16,17). The smallest absolute Gasteiger partial charge is 0.221 e. The van der Waals surface area contributed by atoms with Gasteiger partial charge in [-0.3, -0.25) is 4.79 Å². The number of carbonyl (C=O) groups excluding carboxylic acids is 1. The normalized spacial score (nSPS) is 10.4. The minimum Gasteiger partial charge on any atom is -0.369 e. The van der Waals surface area contributed by atoms with Gasteiger partial charge in [0.2, 0.25) is 5.91 Å². The summed E-state index contributed by atoms with van der Waals surface area (Å²) < 4.78 is 0. The van der Waals surface area contributed by atoms with Gasteiger partial charge in [0.1, 0.15) is 0 Å². The molecule has 17 heavy (non-hydrogen) atoms. The molecule has 1 aromatic carbocycles. The zero-order valence-corrected chi connectivity index (χ0v) is 10.3. The highest BCUT2D eigenvalue weighted by Gasteiger charge is 1.98. The third-order valence-corrected chi connectivity index (χ3v) is 2.82. The van der Waals surface area contributed by atoms with E-state index in [4.69, 9.17) is 11.5 Å². The van der Waals surface area contributed by atoms with Crippen LogP contribution in [0.3, 0.4) is 0 Å². The van der Waals surface area contributed by atoms with Crippen LogP contribution in [-0.2, 0) is 17.6 Å². The SMILES string of the molecule is NCCCCCCc1ccc(CC(N)=O)cc1. The zero-order chi connectivity index (χ0) is 12.5. The first kappa shape index (κ1) is 13.7. The largest absolute Gasteiger partial charge is 0.369 e. The second-order valence-corrected chi connectivity index (χ2v) is 4.41. The Morgan fingerprint density at radius 3 is 2.12 bits per heavy atom. The number of primary amides is 1. The molecule has 0 radical (unpaired) electrons. The maximum Gasteiger partial charge on any atom is 0.221 e. The van der Waals surface area contributed by atoms with Crippen molar-refractivity contribution in [1.29, 1.82) is 0 Å². The van der Waals surface area contributed by atoms with Crippen molar-refractivity contribution >= 4 is 5.91 Å². The van der Waals surface area contributed by atoms with Gasteiger partial charge in [-0.05, 0) is 36.9 Å². The minimum atomic E-state index is -0.278. The summed E-state index contributed by atoms with van der Waals surface area (Å²) >= 11 is 0. The van der Waals surface area contributed by atoms with Crippen molar-refractivity contribution in [3.05, 3.63) is 35.4 Å². The van der Waals surface area contributed by atoms with Gasteiger partial charge < -0.3 is 11.5 Å². The highest BCUT2D eigenvalue weighted by Crippen LogP contribution is 2.10. The van der Waals surface area contributed by atoms with Gasteiger partial charge in [0.15, 0.2) is 0 Å². The first-order chi connectivity index (χ1) is 8.22. The lowest BCUT2D eigenvalue weighted by atomic mass is 10.0. The molecule has 0 spiro atoms. The van der Waals surface area contributed by atoms with Crippen LogP contribution in [0.1, 0.15) is 36.8 Å².